The fourth-order valence-electron chi connectivity index (χ4n) is 0.361. The lowest BCUT2D eigenvalue weighted by molar-refractivity contribution is 0.105. The molecule has 0 fully saturated rings. The number of methoxy groups -OCH3 is 1. The molecule has 2 unspecified atom stereocenters. The summed E-state index contributed by atoms with van der Waals surface area (Å²) in [5.74, 6) is 0. The van der Waals surface area contributed by atoms with Crippen LogP contribution in [-0.2, 0) is 14.9 Å². The zero-order valence-corrected chi connectivity index (χ0v) is 6.63. The van der Waals surface area contributed by atoms with Crippen LogP contribution in [0.1, 0.15) is 6.92 Å². The second kappa shape index (κ2) is 3.29. The van der Waals surface area contributed by atoms with Gasteiger partial charge in [0, 0.05) is 7.11 Å². The Balaban J connectivity index is 4.23. The molecule has 0 saturated carbocycles. The summed E-state index contributed by atoms with van der Waals surface area (Å²) in [6.45, 7) is 1.27. The first-order valence-electron chi connectivity index (χ1n) is 2.64. The van der Waals surface area contributed by atoms with Crippen molar-refractivity contribution < 1.29 is 17.7 Å². The highest BCUT2D eigenvalue weighted by Crippen LogP contribution is 2.01. The van der Waals surface area contributed by atoms with Crippen molar-refractivity contribution in [2.45, 2.75) is 18.4 Å². The Bertz CT molecular complexity index is 187. The van der Waals surface area contributed by atoms with Crippen LogP contribution in [0.4, 0.5) is 0 Å². The third-order valence-corrected chi connectivity index (χ3v) is 2.41. The molecular formula is C4H11NO4S. The lowest BCUT2D eigenvalue weighted by Gasteiger charge is -2.14. The molecule has 3 N–H and O–H groups in total. The summed E-state index contributed by atoms with van der Waals surface area (Å²) >= 11 is 0. The average molecular weight is 169 g/mol. The maximum absolute atomic E-state index is 10.3. The average Bonchev–Trinajstić information content (AvgIpc) is 1.83. The topological polar surface area (TPSA) is 89.6 Å². The van der Waals surface area contributed by atoms with E-state index in [2.05, 4.69) is 4.74 Å². The van der Waals surface area contributed by atoms with Crippen molar-refractivity contribution in [2.75, 3.05) is 7.11 Å². The van der Waals surface area contributed by atoms with E-state index in [0.29, 0.717) is 0 Å². The first kappa shape index (κ1) is 9.83. The minimum absolute atomic E-state index is 0.977. The molecule has 10 heavy (non-hydrogen) atoms. The highest BCUT2D eigenvalue weighted by molar-refractivity contribution is 7.86. The second-order valence-electron chi connectivity index (χ2n) is 1.92. The van der Waals surface area contributed by atoms with Crippen LogP contribution >= 0.6 is 0 Å². The van der Waals surface area contributed by atoms with Crippen molar-refractivity contribution in [3.8, 4) is 0 Å². The SMILES string of the molecule is COC(N)C(C)S(=O)(=O)O. The molecule has 2 atom stereocenters. The monoisotopic (exact) mass is 169 g/mol. The first-order chi connectivity index (χ1) is 4.39. The van der Waals surface area contributed by atoms with E-state index in [4.69, 9.17) is 10.3 Å². The minimum atomic E-state index is -4.06. The van der Waals surface area contributed by atoms with Crippen LogP contribution in [0.15, 0.2) is 0 Å². The van der Waals surface area contributed by atoms with Crippen LogP contribution in [0.25, 0.3) is 0 Å². The lowest BCUT2D eigenvalue weighted by Crippen LogP contribution is -2.39. The van der Waals surface area contributed by atoms with Gasteiger partial charge in [0.15, 0.2) is 0 Å². The molecular weight excluding hydrogens is 158 g/mol. The molecule has 0 aromatic heterocycles. The zero-order valence-electron chi connectivity index (χ0n) is 5.81. The van der Waals surface area contributed by atoms with Gasteiger partial charge in [-0.05, 0) is 6.92 Å². The molecule has 0 amide bonds. The molecule has 0 spiro atoms. The molecule has 0 aromatic carbocycles. The van der Waals surface area contributed by atoms with Crippen LogP contribution < -0.4 is 5.73 Å². The highest BCUT2D eigenvalue weighted by atomic mass is 32.2. The largest absolute Gasteiger partial charge is 0.365 e. The van der Waals surface area contributed by atoms with Gasteiger partial charge in [0.05, 0.1) is 0 Å². The van der Waals surface area contributed by atoms with Crippen molar-refractivity contribution in [1.82, 2.24) is 0 Å². The standard InChI is InChI=1S/C4H11NO4S/c1-3(4(5)9-2)10(6,7)8/h3-4H,5H2,1-2H3,(H,6,7,8). The molecule has 5 nitrogen and oxygen atoms in total. The summed E-state index contributed by atoms with van der Waals surface area (Å²) < 4.78 is 33.5. The van der Waals surface area contributed by atoms with E-state index < -0.39 is 21.6 Å². The molecule has 0 aliphatic carbocycles. The molecule has 0 bridgehead atoms. The summed E-state index contributed by atoms with van der Waals surface area (Å²) in [5, 5.41) is -1.09. The smallest absolute Gasteiger partial charge is 0.271 e. The fraction of sp³-hybridized carbons (Fsp3) is 1.00. The lowest BCUT2D eigenvalue weighted by atomic mass is 10.4. The Morgan fingerprint density at radius 1 is 1.60 bits per heavy atom. The maximum Gasteiger partial charge on any atom is 0.271 e. The Kier molecular flexibility index (Phi) is 3.23. The maximum atomic E-state index is 10.3. The van der Waals surface area contributed by atoms with Gasteiger partial charge < -0.3 is 10.5 Å². The summed E-state index contributed by atoms with van der Waals surface area (Å²) in [5.41, 5.74) is 5.14. The molecule has 0 aliphatic heterocycles. The molecule has 0 saturated heterocycles. The van der Waals surface area contributed by atoms with Gasteiger partial charge in [0.1, 0.15) is 11.5 Å². The van der Waals surface area contributed by atoms with Gasteiger partial charge in [-0.1, -0.05) is 0 Å². The summed E-state index contributed by atoms with van der Waals surface area (Å²) in [6.07, 6.45) is -0.977. The number of hydrogen-bond donors (Lipinski definition) is 2. The predicted octanol–water partition coefficient (Wildman–Crippen LogP) is -0.806. The third-order valence-electron chi connectivity index (χ3n) is 1.20. The molecule has 0 radical (unpaired) electrons. The summed E-state index contributed by atoms with van der Waals surface area (Å²) in [7, 11) is -2.79. The number of rotatable bonds is 3. The van der Waals surface area contributed by atoms with E-state index in [9.17, 15) is 8.42 Å². The first-order valence-corrected chi connectivity index (χ1v) is 4.14. The number of ether oxygens (including phenoxy) is 1. The Labute approximate surface area is 59.9 Å². The van der Waals surface area contributed by atoms with E-state index in [1.165, 1.54) is 14.0 Å². The van der Waals surface area contributed by atoms with E-state index in [0.717, 1.165) is 0 Å². The van der Waals surface area contributed by atoms with Gasteiger partial charge in [-0.15, -0.1) is 0 Å². The van der Waals surface area contributed by atoms with E-state index >= 15 is 0 Å². The van der Waals surface area contributed by atoms with E-state index in [1.54, 1.807) is 0 Å². The van der Waals surface area contributed by atoms with Crippen molar-refractivity contribution in [3.05, 3.63) is 0 Å². The fourth-order valence-corrected chi connectivity index (χ4v) is 0.811. The van der Waals surface area contributed by atoms with Crippen LogP contribution in [0.3, 0.4) is 0 Å². The second-order valence-corrected chi connectivity index (χ2v) is 3.69. The van der Waals surface area contributed by atoms with Crippen LogP contribution in [0.2, 0.25) is 0 Å². The minimum Gasteiger partial charge on any atom is -0.365 e. The molecule has 0 aromatic rings. The molecule has 0 aliphatic rings. The van der Waals surface area contributed by atoms with E-state index in [-0.39, 0.29) is 0 Å². The van der Waals surface area contributed by atoms with Crippen LogP contribution in [-0.4, -0.2) is 31.6 Å². The predicted molar refractivity (Wildman–Crippen MR) is 36.0 cm³/mol. The Morgan fingerprint density at radius 3 is 2.10 bits per heavy atom. The van der Waals surface area contributed by atoms with Gasteiger partial charge in [-0.2, -0.15) is 8.42 Å². The number of nitrogens with two attached hydrogens (primary N) is 1. The van der Waals surface area contributed by atoms with Crippen LogP contribution in [0.5, 0.6) is 0 Å². The summed E-state index contributed by atoms with van der Waals surface area (Å²) in [6, 6.07) is 0. The van der Waals surface area contributed by atoms with Gasteiger partial charge in [0.25, 0.3) is 10.1 Å². The summed E-state index contributed by atoms with van der Waals surface area (Å²) in [4.78, 5) is 0. The van der Waals surface area contributed by atoms with E-state index in [1.807, 2.05) is 0 Å². The molecule has 0 heterocycles. The number of hydrogen-bond acceptors (Lipinski definition) is 4. The Morgan fingerprint density at radius 2 is 2.00 bits per heavy atom. The zero-order chi connectivity index (χ0) is 8.36. The molecule has 62 valence electrons. The molecule has 6 heteroatoms. The van der Waals surface area contributed by atoms with Crippen LogP contribution in [0, 0.1) is 0 Å². The van der Waals surface area contributed by atoms with Gasteiger partial charge in [0.2, 0.25) is 0 Å². The van der Waals surface area contributed by atoms with Crippen molar-refractivity contribution >= 4 is 10.1 Å². The quantitative estimate of drug-likeness (QED) is 0.426. The normalized spacial score (nSPS) is 18.4. The van der Waals surface area contributed by atoms with Crippen molar-refractivity contribution in [1.29, 1.82) is 0 Å². The van der Waals surface area contributed by atoms with Gasteiger partial charge in [-0.3, -0.25) is 4.55 Å². The highest BCUT2D eigenvalue weighted by Gasteiger charge is 2.24. The van der Waals surface area contributed by atoms with Gasteiger partial charge >= 0.3 is 0 Å². The Hall–Kier alpha value is -0.170. The van der Waals surface area contributed by atoms with Crippen molar-refractivity contribution in [2.24, 2.45) is 5.73 Å². The molecule has 0 rings (SSSR count). The third kappa shape index (κ3) is 2.61. The van der Waals surface area contributed by atoms with Gasteiger partial charge in [-0.25, -0.2) is 0 Å². The van der Waals surface area contributed by atoms with Crippen molar-refractivity contribution in [3.63, 3.8) is 0 Å².